The van der Waals surface area contributed by atoms with E-state index in [4.69, 9.17) is 4.74 Å². The lowest BCUT2D eigenvalue weighted by atomic mass is 10.1. The largest absolute Gasteiger partial charge is 0.496 e. The van der Waals surface area contributed by atoms with Crippen LogP contribution in [0.25, 0.3) is 0 Å². The zero-order valence-electron chi connectivity index (χ0n) is 20.1. The number of benzene rings is 2. The minimum absolute atomic E-state index is 0.0373. The molecule has 0 aromatic heterocycles. The second-order valence-electron chi connectivity index (χ2n) is 9.16. The molecule has 8 heteroatoms. The number of para-hydroxylation sites is 1. The molecule has 0 radical (unpaired) electrons. The third kappa shape index (κ3) is 5.39. The van der Waals surface area contributed by atoms with Crippen molar-refractivity contribution in [3.8, 4) is 5.75 Å². The van der Waals surface area contributed by atoms with Crippen LogP contribution in [0.4, 0.5) is 5.69 Å². The summed E-state index contributed by atoms with van der Waals surface area (Å²) in [5.41, 5.74) is 3.43. The van der Waals surface area contributed by atoms with Crippen molar-refractivity contribution in [2.24, 2.45) is 0 Å². The number of nitrogens with one attached hydrogen (secondary N) is 1. The number of hydrogen-bond donors (Lipinski definition) is 1. The lowest BCUT2D eigenvalue weighted by Gasteiger charge is -2.25. The Kier molecular flexibility index (Phi) is 7.78. The number of rotatable bonds is 10. The van der Waals surface area contributed by atoms with Crippen LogP contribution in [0.1, 0.15) is 43.7 Å². The molecule has 2 aliphatic rings. The molecule has 2 aliphatic heterocycles. The van der Waals surface area contributed by atoms with Gasteiger partial charge in [0.2, 0.25) is 15.9 Å². The Morgan fingerprint density at radius 1 is 1.15 bits per heavy atom. The van der Waals surface area contributed by atoms with Gasteiger partial charge in [0.05, 0.1) is 12.0 Å². The van der Waals surface area contributed by atoms with E-state index in [1.54, 1.807) is 25.3 Å². The highest BCUT2D eigenvalue weighted by Crippen LogP contribution is 2.31. The van der Waals surface area contributed by atoms with E-state index in [2.05, 4.69) is 41.4 Å². The van der Waals surface area contributed by atoms with Crippen LogP contribution in [-0.4, -0.2) is 58.0 Å². The second kappa shape index (κ2) is 10.8. The topological polar surface area (TPSA) is 79.0 Å². The molecule has 0 unspecified atom stereocenters. The highest BCUT2D eigenvalue weighted by molar-refractivity contribution is 7.89. The van der Waals surface area contributed by atoms with E-state index in [-0.39, 0.29) is 17.2 Å². The summed E-state index contributed by atoms with van der Waals surface area (Å²) < 4.78 is 32.8. The van der Waals surface area contributed by atoms with E-state index >= 15 is 0 Å². The van der Waals surface area contributed by atoms with Crippen LogP contribution >= 0.6 is 0 Å². The van der Waals surface area contributed by atoms with E-state index in [0.29, 0.717) is 37.8 Å². The Labute approximate surface area is 203 Å². The van der Waals surface area contributed by atoms with Crippen molar-refractivity contribution in [3.05, 3.63) is 53.6 Å². The van der Waals surface area contributed by atoms with Crippen LogP contribution in [0.2, 0.25) is 0 Å². The van der Waals surface area contributed by atoms with E-state index in [9.17, 15) is 13.2 Å². The molecule has 1 fully saturated rings. The SMILES string of the molecule is COc1ccc(S(=O)(=O)N2CCCC2)cc1CCC(=O)NCCCN1c2ccccc2C[C@H]1C. The number of anilines is 1. The Bertz CT molecular complexity index is 1110. The highest BCUT2D eigenvalue weighted by atomic mass is 32.2. The van der Waals surface area contributed by atoms with E-state index in [1.165, 1.54) is 15.6 Å². The van der Waals surface area contributed by atoms with Gasteiger partial charge >= 0.3 is 0 Å². The fraction of sp³-hybridized carbons (Fsp3) is 0.500. The first kappa shape index (κ1) is 24.5. The van der Waals surface area contributed by atoms with Gasteiger partial charge in [-0.2, -0.15) is 4.31 Å². The molecule has 7 nitrogen and oxygen atoms in total. The molecule has 34 heavy (non-hydrogen) atoms. The van der Waals surface area contributed by atoms with Gasteiger partial charge in [0.15, 0.2) is 0 Å². The van der Waals surface area contributed by atoms with Gasteiger partial charge in [0.25, 0.3) is 0 Å². The molecule has 1 atom stereocenters. The molecule has 0 bridgehead atoms. The summed E-state index contributed by atoms with van der Waals surface area (Å²) in [4.78, 5) is 15.2. The number of sulfonamides is 1. The summed E-state index contributed by atoms with van der Waals surface area (Å²) >= 11 is 0. The van der Waals surface area contributed by atoms with Crippen LogP contribution in [0.15, 0.2) is 47.4 Å². The Morgan fingerprint density at radius 2 is 1.91 bits per heavy atom. The number of aryl methyl sites for hydroxylation is 1. The monoisotopic (exact) mass is 485 g/mol. The predicted octanol–water partition coefficient (Wildman–Crippen LogP) is 3.37. The molecule has 184 valence electrons. The predicted molar refractivity (Wildman–Crippen MR) is 134 cm³/mol. The molecule has 1 N–H and O–H groups in total. The minimum atomic E-state index is -3.50. The molecule has 0 saturated carbocycles. The van der Waals surface area contributed by atoms with E-state index in [1.807, 2.05) is 0 Å². The van der Waals surface area contributed by atoms with Gasteiger partial charge in [-0.1, -0.05) is 18.2 Å². The van der Waals surface area contributed by atoms with Gasteiger partial charge in [0, 0.05) is 44.3 Å². The molecule has 2 aromatic rings. The number of amides is 1. The first-order valence-electron chi connectivity index (χ1n) is 12.2. The van der Waals surface area contributed by atoms with Gasteiger partial charge < -0.3 is 15.0 Å². The van der Waals surface area contributed by atoms with Crippen LogP contribution in [0.3, 0.4) is 0 Å². The zero-order chi connectivity index (χ0) is 24.1. The lowest BCUT2D eigenvalue weighted by molar-refractivity contribution is -0.121. The van der Waals surface area contributed by atoms with E-state index in [0.717, 1.165) is 37.8 Å². The second-order valence-corrected chi connectivity index (χ2v) is 11.1. The smallest absolute Gasteiger partial charge is 0.243 e. The fourth-order valence-corrected chi connectivity index (χ4v) is 6.54. The van der Waals surface area contributed by atoms with Crippen LogP contribution < -0.4 is 15.0 Å². The third-order valence-corrected chi connectivity index (χ3v) is 8.72. The van der Waals surface area contributed by atoms with Crippen molar-refractivity contribution < 1.29 is 17.9 Å². The Hall–Kier alpha value is -2.58. The molecule has 2 aromatic carbocycles. The fourth-order valence-electron chi connectivity index (χ4n) is 4.97. The van der Waals surface area contributed by atoms with Gasteiger partial charge in [-0.15, -0.1) is 0 Å². The highest BCUT2D eigenvalue weighted by Gasteiger charge is 2.28. The molecular weight excluding hydrogens is 450 g/mol. The van der Waals surface area contributed by atoms with Gasteiger partial charge in [-0.3, -0.25) is 4.79 Å². The summed E-state index contributed by atoms with van der Waals surface area (Å²) in [6.45, 7) is 4.89. The number of hydrogen-bond acceptors (Lipinski definition) is 5. The van der Waals surface area contributed by atoms with Crippen molar-refractivity contribution in [3.63, 3.8) is 0 Å². The number of fused-ring (bicyclic) bond motifs is 1. The van der Waals surface area contributed by atoms with Crippen molar-refractivity contribution >= 4 is 21.6 Å². The molecule has 0 aliphatic carbocycles. The first-order valence-corrected chi connectivity index (χ1v) is 13.6. The van der Waals surface area contributed by atoms with Crippen LogP contribution in [0, 0.1) is 0 Å². The van der Waals surface area contributed by atoms with Crippen molar-refractivity contribution in [1.29, 1.82) is 0 Å². The van der Waals surface area contributed by atoms with Gasteiger partial charge in [-0.05, 0) is 74.4 Å². The first-order chi connectivity index (χ1) is 16.4. The molecule has 4 rings (SSSR count). The summed E-state index contributed by atoms with van der Waals surface area (Å²) in [7, 11) is -1.94. The van der Waals surface area contributed by atoms with Crippen molar-refractivity contribution in [1.82, 2.24) is 9.62 Å². The summed E-state index contributed by atoms with van der Waals surface area (Å²) in [6.07, 6.45) is 4.44. The lowest BCUT2D eigenvalue weighted by Crippen LogP contribution is -2.33. The average Bonchev–Trinajstić information content (AvgIpc) is 3.49. The number of nitrogens with zero attached hydrogens (tertiary/aromatic N) is 2. The van der Waals surface area contributed by atoms with Crippen LogP contribution in [0.5, 0.6) is 5.75 Å². The third-order valence-electron chi connectivity index (χ3n) is 6.82. The maximum atomic E-state index is 12.9. The maximum Gasteiger partial charge on any atom is 0.243 e. The van der Waals surface area contributed by atoms with Gasteiger partial charge in [-0.25, -0.2) is 8.42 Å². The number of ether oxygens (including phenoxy) is 1. The average molecular weight is 486 g/mol. The maximum absolute atomic E-state index is 12.9. The molecule has 0 spiro atoms. The normalized spacial score (nSPS) is 18.2. The Balaban J connectivity index is 1.28. The van der Waals surface area contributed by atoms with Crippen LogP contribution in [-0.2, 0) is 27.7 Å². The number of methoxy groups -OCH3 is 1. The summed E-state index contributed by atoms with van der Waals surface area (Å²) in [5.74, 6) is 0.569. The van der Waals surface area contributed by atoms with E-state index < -0.39 is 10.0 Å². The number of carbonyl (C=O) groups is 1. The quantitative estimate of drug-likeness (QED) is 0.522. The summed E-state index contributed by atoms with van der Waals surface area (Å²) in [6, 6.07) is 13.9. The van der Waals surface area contributed by atoms with Crippen molar-refractivity contribution in [2.45, 2.75) is 56.4 Å². The van der Waals surface area contributed by atoms with Gasteiger partial charge in [0.1, 0.15) is 5.75 Å². The summed E-state index contributed by atoms with van der Waals surface area (Å²) in [5, 5.41) is 3.01. The molecule has 1 saturated heterocycles. The molecular formula is C26H35N3O4S. The minimum Gasteiger partial charge on any atom is -0.496 e. The zero-order valence-corrected chi connectivity index (χ0v) is 20.9. The standard InChI is InChI=1S/C26H35N3O4S/c1-20-18-21-8-3-4-9-24(21)29(20)17-7-14-27-26(30)13-10-22-19-23(11-12-25(22)33-2)34(31,32)28-15-5-6-16-28/h3-4,8-9,11-12,19-20H,5-7,10,13-18H2,1-2H3,(H,27,30)/t20-/m1/s1. The Morgan fingerprint density at radius 3 is 2.68 bits per heavy atom. The van der Waals surface area contributed by atoms with Crippen molar-refractivity contribution in [2.75, 3.05) is 38.2 Å². The molecule has 1 amide bonds. The number of carbonyl (C=O) groups excluding carboxylic acids is 1. The molecule has 2 heterocycles.